The normalized spacial score (nSPS) is 19.7. The maximum Gasteiger partial charge on any atom is 0.194 e. The van der Waals surface area contributed by atoms with E-state index in [1.54, 1.807) is 0 Å². The molecular weight excluding hydrogens is 284 g/mol. The summed E-state index contributed by atoms with van der Waals surface area (Å²) >= 11 is 0. The highest BCUT2D eigenvalue weighted by Crippen LogP contribution is 2.46. The summed E-state index contributed by atoms with van der Waals surface area (Å²) in [6.07, 6.45) is 0.964. The zero-order valence-electron chi connectivity index (χ0n) is 14.9. The molecule has 0 bridgehead atoms. The maximum absolute atomic E-state index is 4.47. The second-order valence-corrected chi connectivity index (χ2v) is 7.63. The Morgan fingerprint density at radius 1 is 1.26 bits per heavy atom. The second-order valence-electron chi connectivity index (χ2n) is 7.63. The fourth-order valence-electron chi connectivity index (χ4n) is 3.27. The van der Waals surface area contributed by atoms with Gasteiger partial charge in [-0.15, -0.1) is 0 Å². The predicted molar refractivity (Wildman–Crippen MR) is 97.9 cm³/mol. The smallest absolute Gasteiger partial charge is 0.194 e. The molecule has 1 aromatic heterocycles. The van der Waals surface area contributed by atoms with Crippen molar-refractivity contribution < 1.29 is 0 Å². The van der Waals surface area contributed by atoms with Gasteiger partial charge >= 0.3 is 0 Å². The fraction of sp³-hybridized carbons (Fsp3) is 0.526. The number of likely N-dealkylation sites (tertiary alicyclic amines) is 1. The van der Waals surface area contributed by atoms with Gasteiger partial charge in [-0.2, -0.15) is 0 Å². The van der Waals surface area contributed by atoms with Crippen molar-refractivity contribution in [2.24, 2.45) is 10.4 Å². The summed E-state index contributed by atoms with van der Waals surface area (Å²) in [6.45, 7) is 11.2. The average molecular weight is 312 g/mol. The van der Waals surface area contributed by atoms with Crippen molar-refractivity contribution in [3.8, 4) is 0 Å². The van der Waals surface area contributed by atoms with E-state index in [2.05, 4.69) is 78.2 Å². The molecule has 2 aromatic rings. The number of nitrogens with zero attached hydrogens (tertiary/aromatic N) is 2. The van der Waals surface area contributed by atoms with E-state index in [0.29, 0.717) is 5.41 Å². The Kier molecular flexibility index (Phi) is 3.86. The van der Waals surface area contributed by atoms with Gasteiger partial charge in [-0.3, -0.25) is 4.99 Å². The minimum Gasteiger partial charge on any atom is -0.358 e. The van der Waals surface area contributed by atoms with Crippen LogP contribution in [0.1, 0.15) is 33.4 Å². The van der Waals surface area contributed by atoms with Crippen LogP contribution in [0.5, 0.6) is 0 Å². The summed E-state index contributed by atoms with van der Waals surface area (Å²) in [5.74, 6) is 1.01. The zero-order chi connectivity index (χ0) is 16.7. The molecule has 0 spiro atoms. The number of guanidine groups is 1. The molecule has 1 aromatic carbocycles. The van der Waals surface area contributed by atoms with Gasteiger partial charge < -0.3 is 15.2 Å². The predicted octanol–water partition coefficient (Wildman–Crippen LogP) is 3.41. The highest BCUT2D eigenvalue weighted by Gasteiger charge is 2.53. The number of hydrogen-bond acceptors (Lipinski definition) is 1. The number of aromatic nitrogens is 1. The zero-order valence-corrected chi connectivity index (χ0v) is 14.9. The molecule has 23 heavy (non-hydrogen) atoms. The average Bonchev–Trinajstić information content (AvgIpc) is 2.92. The van der Waals surface area contributed by atoms with Gasteiger partial charge in [0.2, 0.25) is 0 Å². The first-order valence-electron chi connectivity index (χ1n) is 8.40. The lowest BCUT2D eigenvalue weighted by atomic mass is 9.65. The molecule has 0 saturated carbocycles. The second kappa shape index (κ2) is 5.59. The molecule has 2 N–H and O–H groups in total. The molecule has 3 rings (SSSR count). The summed E-state index contributed by atoms with van der Waals surface area (Å²) in [5, 5.41) is 4.79. The van der Waals surface area contributed by atoms with Crippen molar-refractivity contribution in [3.05, 3.63) is 36.0 Å². The van der Waals surface area contributed by atoms with Crippen LogP contribution in [0.15, 0.2) is 35.3 Å². The van der Waals surface area contributed by atoms with Crippen molar-refractivity contribution in [1.29, 1.82) is 0 Å². The number of para-hydroxylation sites is 1. The Labute approximate surface area is 139 Å². The summed E-state index contributed by atoms with van der Waals surface area (Å²) in [6, 6.07) is 10.6. The van der Waals surface area contributed by atoms with Crippen LogP contribution in [0.25, 0.3) is 10.9 Å². The minimum atomic E-state index is 0.135. The first-order valence-corrected chi connectivity index (χ1v) is 8.40. The van der Waals surface area contributed by atoms with E-state index < -0.39 is 0 Å². The molecule has 1 saturated heterocycles. The Morgan fingerprint density at radius 3 is 2.61 bits per heavy atom. The van der Waals surface area contributed by atoms with Gasteiger partial charge in [0.1, 0.15) is 0 Å². The summed E-state index contributed by atoms with van der Waals surface area (Å²) < 4.78 is 0. The SMILES string of the molecule is CN=C(NCCc1cc2ccccc2[nH]1)N1CC(C)(C)C1(C)C. The van der Waals surface area contributed by atoms with Crippen molar-refractivity contribution in [1.82, 2.24) is 15.2 Å². The van der Waals surface area contributed by atoms with Gasteiger partial charge in [0.05, 0.1) is 0 Å². The van der Waals surface area contributed by atoms with E-state index in [1.165, 1.54) is 16.6 Å². The van der Waals surface area contributed by atoms with Crippen molar-refractivity contribution in [2.75, 3.05) is 20.1 Å². The van der Waals surface area contributed by atoms with Crippen molar-refractivity contribution in [3.63, 3.8) is 0 Å². The van der Waals surface area contributed by atoms with E-state index in [9.17, 15) is 0 Å². The molecular formula is C19H28N4. The summed E-state index contributed by atoms with van der Waals surface area (Å²) in [5.41, 5.74) is 2.92. The van der Waals surface area contributed by atoms with E-state index in [4.69, 9.17) is 0 Å². The molecule has 2 heterocycles. The van der Waals surface area contributed by atoms with Crippen LogP contribution in [0.3, 0.4) is 0 Å². The van der Waals surface area contributed by atoms with E-state index in [0.717, 1.165) is 25.5 Å². The number of benzene rings is 1. The fourth-order valence-corrected chi connectivity index (χ4v) is 3.27. The van der Waals surface area contributed by atoms with E-state index in [1.807, 2.05) is 7.05 Å². The number of fused-ring (bicyclic) bond motifs is 1. The Balaban J connectivity index is 1.59. The minimum absolute atomic E-state index is 0.135. The third-order valence-corrected chi connectivity index (χ3v) is 5.62. The molecule has 4 heteroatoms. The van der Waals surface area contributed by atoms with Gasteiger partial charge in [-0.05, 0) is 31.4 Å². The Bertz CT molecular complexity index is 691. The molecule has 1 fully saturated rings. The summed E-state index contributed by atoms with van der Waals surface area (Å²) in [7, 11) is 1.87. The molecule has 1 aliphatic heterocycles. The standard InChI is InChI=1S/C19H28N4/c1-18(2)13-23(19(18,3)4)17(20-5)21-11-10-15-12-14-8-6-7-9-16(14)22-15/h6-9,12,22H,10-11,13H2,1-5H3,(H,20,21). The number of aliphatic imine (C=N–C) groups is 1. The van der Waals surface area contributed by atoms with Crippen LogP contribution < -0.4 is 5.32 Å². The van der Waals surface area contributed by atoms with Crippen LogP contribution in [0.4, 0.5) is 0 Å². The van der Waals surface area contributed by atoms with Crippen LogP contribution in [-0.2, 0) is 6.42 Å². The van der Waals surface area contributed by atoms with Gasteiger partial charge in [-0.1, -0.05) is 32.0 Å². The number of aromatic amines is 1. The van der Waals surface area contributed by atoms with Crippen LogP contribution in [0, 0.1) is 5.41 Å². The third-order valence-electron chi connectivity index (χ3n) is 5.62. The van der Waals surface area contributed by atoms with Gasteiger partial charge in [0.15, 0.2) is 5.96 Å². The van der Waals surface area contributed by atoms with Gasteiger partial charge in [-0.25, -0.2) is 0 Å². The lowest BCUT2D eigenvalue weighted by molar-refractivity contribution is -0.0666. The number of rotatable bonds is 3. The first kappa shape index (κ1) is 15.9. The third kappa shape index (κ3) is 2.71. The first-order chi connectivity index (χ1) is 10.8. The highest BCUT2D eigenvalue weighted by atomic mass is 15.4. The quantitative estimate of drug-likeness (QED) is 0.674. The molecule has 0 atom stereocenters. The molecule has 4 nitrogen and oxygen atoms in total. The van der Waals surface area contributed by atoms with Crippen LogP contribution in [-0.4, -0.2) is 41.5 Å². The van der Waals surface area contributed by atoms with Crippen molar-refractivity contribution in [2.45, 2.75) is 39.7 Å². The number of hydrogen-bond donors (Lipinski definition) is 2. The lowest BCUT2D eigenvalue weighted by Gasteiger charge is -2.62. The van der Waals surface area contributed by atoms with E-state index >= 15 is 0 Å². The maximum atomic E-state index is 4.47. The van der Waals surface area contributed by atoms with Crippen LogP contribution in [0.2, 0.25) is 0 Å². The molecule has 1 aliphatic rings. The molecule has 124 valence electrons. The monoisotopic (exact) mass is 312 g/mol. The topological polar surface area (TPSA) is 43.4 Å². The molecule has 0 amide bonds. The highest BCUT2D eigenvalue weighted by molar-refractivity contribution is 5.82. The Morgan fingerprint density at radius 2 is 2.00 bits per heavy atom. The lowest BCUT2D eigenvalue weighted by Crippen LogP contribution is -2.72. The molecule has 0 unspecified atom stereocenters. The number of nitrogens with one attached hydrogen (secondary N) is 2. The molecule has 0 aliphatic carbocycles. The van der Waals surface area contributed by atoms with Crippen LogP contribution >= 0.6 is 0 Å². The van der Waals surface area contributed by atoms with E-state index in [-0.39, 0.29) is 5.54 Å². The van der Waals surface area contributed by atoms with Gasteiger partial charge in [0.25, 0.3) is 0 Å². The Hall–Kier alpha value is -1.97. The van der Waals surface area contributed by atoms with Crippen molar-refractivity contribution >= 4 is 16.9 Å². The largest absolute Gasteiger partial charge is 0.358 e. The number of H-pyrrole nitrogens is 1. The van der Waals surface area contributed by atoms with Gasteiger partial charge in [0, 0.05) is 48.7 Å². The molecule has 0 radical (unpaired) electrons. The summed E-state index contributed by atoms with van der Waals surface area (Å²) in [4.78, 5) is 10.3.